The third-order valence-electron chi connectivity index (χ3n) is 4.86. The average molecular weight is 313 g/mol. The Kier molecular flexibility index (Phi) is 5.01. The maximum Gasteiger partial charge on any atom is 0.119 e. The highest BCUT2D eigenvalue weighted by molar-refractivity contribution is 5.31. The van der Waals surface area contributed by atoms with Gasteiger partial charge in [-0.15, -0.1) is 0 Å². The van der Waals surface area contributed by atoms with Crippen molar-refractivity contribution >= 4 is 0 Å². The topological polar surface area (TPSA) is 30.3 Å². The first-order chi connectivity index (χ1) is 11.2. The molecule has 1 atom stereocenters. The molecule has 0 N–H and O–H groups in total. The predicted octanol–water partition coefficient (Wildman–Crippen LogP) is 3.95. The van der Waals surface area contributed by atoms with Crippen LogP contribution in [0.3, 0.4) is 0 Å². The first-order valence-corrected chi connectivity index (χ1v) is 8.62. The number of hydrogen-bond acceptors (Lipinski definition) is 3. The van der Waals surface area contributed by atoms with Crippen LogP contribution in [-0.4, -0.2) is 28.3 Å². The average Bonchev–Trinajstić information content (AvgIpc) is 3.17. The largest absolute Gasteiger partial charge is 0.497 e. The molecule has 124 valence electrons. The Hall–Kier alpha value is -1.81. The van der Waals surface area contributed by atoms with Crippen molar-refractivity contribution in [3.63, 3.8) is 0 Å². The number of aryl methyl sites for hydroxylation is 1. The number of methoxy groups -OCH3 is 1. The van der Waals surface area contributed by atoms with Crippen LogP contribution < -0.4 is 4.74 Å². The van der Waals surface area contributed by atoms with Crippen LogP contribution in [0, 0.1) is 6.92 Å². The lowest BCUT2D eigenvalue weighted by atomic mass is 10.0. The van der Waals surface area contributed by atoms with E-state index in [9.17, 15) is 0 Å². The van der Waals surface area contributed by atoms with Crippen molar-refractivity contribution in [2.75, 3.05) is 13.7 Å². The zero-order valence-corrected chi connectivity index (χ0v) is 14.5. The lowest BCUT2D eigenvalue weighted by Crippen LogP contribution is -2.23. The highest BCUT2D eigenvalue weighted by Gasteiger charge is 2.27. The van der Waals surface area contributed by atoms with Crippen LogP contribution >= 0.6 is 0 Å². The minimum Gasteiger partial charge on any atom is -0.497 e. The molecule has 1 aromatic carbocycles. The van der Waals surface area contributed by atoms with E-state index < -0.39 is 0 Å². The van der Waals surface area contributed by atoms with E-state index in [1.165, 1.54) is 29.7 Å². The van der Waals surface area contributed by atoms with Crippen molar-refractivity contribution < 1.29 is 4.74 Å². The van der Waals surface area contributed by atoms with Gasteiger partial charge in [-0.05, 0) is 50.4 Å². The second-order valence-electron chi connectivity index (χ2n) is 6.38. The second-order valence-corrected chi connectivity index (χ2v) is 6.38. The van der Waals surface area contributed by atoms with Crippen LogP contribution in [-0.2, 0) is 13.1 Å². The van der Waals surface area contributed by atoms with E-state index in [1.54, 1.807) is 7.11 Å². The van der Waals surface area contributed by atoms with Gasteiger partial charge in [-0.1, -0.05) is 19.1 Å². The van der Waals surface area contributed by atoms with Crippen molar-refractivity contribution in [2.24, 2.45) is 0 Å². The zero-order chi connectivity index (χ0) is 16.2. The van der Waals surface area contributed by atoms with Gasteiger partial charge < -0.3 is 4.74 Å². The van der Waals surface area contributed by atoms with Gasteiger partial charge in [-0.25, -0.2) is 0 Å². The van der Waals surface area contributed by atoms with Crippen LogP contribution in [0.25, 0.3) is 0 Å². The molecular formula is C19H27N3O. The summed E-state index contributed by atoms with van der Waals surface area (Å²) in [5.74, 6) is 0.946. The van der Waals surface area contributed by atoms with Crippen LogP contribution in [0.5, 0.6) is 5.75 Å². The van der Waals surface area contributed by atoms with Gasteiger partial charge >= 0.3 is 0 Å². The number of aromatic nitrogens is 2. The molecule has 4 nitrogen and oxygen atoms in total. The third-order valence-corrected chi connectivity index (χ3v) is 4.86. The smallest absolute Gasteiger partial charge is 0.119 e. The summed E-state index contributed by atoms with van der Waals surface area (Å²) in [5.41, 5.74) is 4.02. The van der Waals surface area contributed by atoms with Gasteiger partial charge in [0.05, 0.1) is 13.3 Å². The first kappa shape index (κ1) is 16.1. The molecule has 1 unspecified atom stereocenters. The van der Waals surface area contributed by atoms with Gasteiger partial charge in [0.2, 0.25) is 0 Å². The van der Waals surface area contributed by atoms with Gasteiger partial charge in [-0.3, -0.25) is 9.58 Å². The summed E-state index contributed by atoms with van der Waals surface area (Å²) in [6, 6.07) is 8.99. The number of ether oxygens (including phenoxy) is 1. The van der Waals surface area contributed by atoms with Gasteiger partial charge in [0, 0.05) is 30.4 Å². The monoisotopic (exact) mass is 313 g/mol. The molecule has 0 aliphatic carbocycles. The zero-order valence-electron chi connectivity index (χ0n) is 14.5. The summed E-state index contributed by atoms with van der Waals surface area (Å²) < 4.78 is 7.52. The number of likely N-dealkylation sites (tertiary alicyclic amines) is 1. The van der Waals surface area contributed by atoms with E-state index >= 15 is 0 Å². The molecule has 23 heavy (non-hydrogen) atoms. The minimum absolute atomic E-state index is 0.485. The Morgan fingerprint density at radius 1 is 1.35 bits per heavy atom. The van der Waals surface area contributed by atoms with Crippen LogP contribution in [0.2, 0.25) is 0 Å². The van der Waals surface area contributed by atoms with Crippen LogP contribution in [0.15, 0.2) is 30.5 Å². The van der Waals surface area contributed by atoms with E-state index in [1.807, 2.05) is 12.3 Å². The highest BCUT2D eigenvalue weighted by Crippen LogP contribution is 2.34. The Morgan fingerprint density at radius 2 is 2.22 bits per heavy atom. The maximum absolute atomic E-state index is 5.39. The Bertz CT molecular complexity index is 650. The highest BCUT2D eigenvalue weighted by atomic mass is 16.5. The normalized spacial score (nSPS) is 18.5. The molecule has 4 heteroatoms. The van der Waals surface area contributed by atoms with Crippen LogP contribution in [0.1, 0.15) is 49.0 Å². The second kappa shape index (κ2) is 7.18. The minimum atomic E-state index is 0.485. The van der Waals surface area contributed by atoms with Crippen molar-refractivity contribution in [1.82, 2.24) is 14.7 Å². The van der Waals surface area contributed by atoms with Gasteiger partial charge in [-0.2, -0.15) is 5.10 Å². The molecule has 2 heterocycles. The molecule has 1 aliphatic rings. The van der Waals surface area contributed by atoms with E-state index in [2.05, 4.69) is 46.7 Å². The summed E-state index contributed by atoms with van der Waals surface area (Å²) in [4.78, 5) is 2.58. The van der Waals surface area contributed by atoms with Crippen molar-refractivity contribution in [3.8, 4) is 5.75 Å². The molecule has 2 aromatic rings. The summed E-state index contributed by atoms with van der Waals surface area (Å²) in [6.07, 6.45) is 5.64. The molecule has 1 fully saturated rings. The molecule has 0 spiro atoms. The van der Waals surface area contributed by atoms with Gasteiger partial charge in [0.25, 0.3) is 0 Å². The summed E-state index contributed by atoms with van der Waals surface area (Å²) in [5, 5.41) is 4.54. The van der Waals surface area contributed by atoms with Gasteiger partial charge in [0.1, 0.15) is 5.75 Å². The van der Waals surface area contributed by atoms with Crippen LogP contribution in [0.4, 0.5) is 0 Å². The number of rotatable bonds is 6. The molecule has 1 aliphatic heterocycles. The lowest BCUT2D eigenvalue weighted by Gasteiger charge is -2.25. The van der Waals surface area contributed by atoms with E-state index in [4.69, 9.17) is 4.74 Å². The van der Waals surface area contributed by atoms with E-state index in [0.29, 0.717) is 6.04 Å². The lowest BCUT2D eigenvalue weighted by molar-refractivity contribution is 0.247. The summed E-state index contributed by atoms with van der Waals surface area (Å²) in [7, 11) is 1.73. The molecule has 0 amide bonds. The molecule has 3 rings (SSSR count). The SMILES string of the molecule is CCCn1ncc(CN2CCCC2c2cccc(OC)c2)c1C. The quantitative estimate of drug-likeness (QED) is 0.809. The van der Waals surface area contributed by atoms with Crippen molar-refractivity contribution in [1.29, 1.82) is 0 Å². The fourth-order valence-corrected chi connectivity index (χ4v) is 3.54. The van der Waals surface area contributed by atoms with Gasteiger partial charge in [0.15, 0.2) is 0 Å². The Morgan fingerprint density at radius 3 is 3.00 bits per heavy atom. The molecule has 1 aromatic heterocycles. The van der Waals surface area contributed by atoms with Crippen molar-refractivity contribution in [3.05, 3.63) is 47.3 Å². The van der Waals surface area contributed by atoms with E-state index in [-0.39, 0.29) is 0 Å². The molecule has 0 saturated carbocycles. The maximum atomic E-state index is 5.39. The number of benzene rings is 1. The first-order valence-electron chi connectivity index (χ1n) is 8.62. The predicted molar refractivity (Wildman–Crippen MR) is 92.6 cm³/mol. The molecule has 0 bridgehead atoms. The molecule has 0 radical (unpaired) electrons. The standard InChI is InChI=1S/C19H27N3O/c1-4-10-22-15(2)17(13-20-22)14-21-11-6-9-19(21)16-7-5-8-18(12-16)23-3/h5,7-8,12-13,19H,4,6,9-11,14H2,1-3H3. The molecular weight excluding hydrogens is 286 g/mol. The number of hydrogen-bond donors (Lipinski definition) is 0. The van der Waals surface area contributed by atoms with Crippen molar-refractivity contribution in [2.45, 2.75) is 52.2 Å². The molecule has 1 saturated heterocycles. The fourth-order valence-electron chi connectivity index (χ4n) is 3.54. The Labute approximate surface area is 139 Å². The third kappa shape index (κ3) is 3.42. The number of nitrogens with zero attached hydrogens (tertiary/aromatic N) is 3. The van der Waals surface area contributed by atoms with E-state index in [0.717, 1.165) is 31.8 Å². The summed E-state index contributed by atoms with van der Waals surface area (Å²) in [6.45, 7) is 7.53. The fraction of sp³-hybridized carbons (Fsp3) is 0.526. The Balaban J connectivity index is 1.76. The summed E-state index contributed by atoms with van der Waals surface area (Å²) >= 11 is 0.